The van der Waals surface area contributed by atoms with Gasteiger partial charge in [0.05, 0.1) is 6.67 Å². The van der Waals surface area contributed by atoms with Crippen molar-refractivity contribution in [3.05, 3.63) is 9.66 Å². The maximum absolute atomic E-state index is 4.62. The lowest BCUT2D eigenvalue weighted by Gasteiger charge is -2.18. The lowest BCUT2D eigenvalue weighted by atomic mass is 9.87. The molecule has 15 heavy (non-hydrogen) atoms. The molecule has 0 radical (unpaired) electrons. The molecule has 3 aliphatic rings. The Labute approximate surface area is 105 Å². The Morgan fingerprint density at radius 3 is 2.93 bits per heavy atom. The van der Waals surface area contributed by atoms with Crippen molar-refractivity contribution in [1.82, 2.24) is 5.32 Å². The number of hydrogen-bond donors (Lipinski definition) is 1. The van der Waals surface area contributed by atoms with E-state index < -0.39 is 0 Å². The molecule has 0 bridgehead atoms. The minimum atomic E-state index is 0.820. The Morgan fingerprint density at radius 1 is 1.60 bits per heavy atom. The van der Waals surface area contributed by atoms with Gasteiger partial charge in [-0.15, -0.1) is 0 Å². The van der Waals surface area contributed by atoms with Crippen molar-refractivity contribution in [2.75, 3.05) is 13.2 Å². The smallest absolute Gasteiger partial charge is 0.0887 e. The number of rotatable bonds is 2. The lowest BCUT2D eigenvalue weighted by Crippen LogP contribution is -2.26. The largest absolute Gasteiger partial charge is 0.298 e. The molecule has 0 aromatic rings. The second kappa shape index (κ2) is 3.84. The molecule has 2 unspecified atom stereocenters. The summed E-state index contributed by atoms with van der Waals surface area (Å²) >= 11 is 2.40. The Balaban J connectivity index is 1.76. The molecule has 82 valence electrons. The highest BCUT2D eigenvalue weighted by Gasteiger charge is 2.62. The third kappa shape index (κ3) is 1.58. The summed E-state index contributed by atoms with van der Waals surface area (Å²) in [6.07, 6.45) is 2.58. The van der Waals surface area contributed by atoms with E-state index in [0.29, 0.717) is 0 Å². The SMILES string of the molecule is CC1CC2[C@H]1[C@@H]2/C(=C\I)C1=NCNCC1. The van der Waals surface area contributed by atoms with E-state index in [1.807, 2.05) is 0 Å². The van der Waals surface area contributed by atoms with Crippen molar-refractivity contribution >= 4 is 28.3 Å². The molecule has 1 heterocycles. The molecule has 0 amide bonds. The molecule has 0 saturated heterocycles. The van der Waals surface area contributed by atoms with E-state index in [2.05, 4.69) is 43.9 Å². The van der Waals surface area contributed by atoms with E-state index in [1.54, 1.807) is 5.57 Å². The molecule has 0 aromatic carbocycles. The maximum atomic E-state index is 4.62. The number of hydrogen-bond acceptors (Lipinski definition) is 2. The average Bonchev–Trinajstić information content (AvgIpc) is 2.86. The van der Waals surface area contributed by atoms with Crippen LogP contribution in [-0.4, -0.2) is 18.9 Å². The monoisotopic (exact) mass is 316 g/mol. The predicted molar refractivity (Wildman–Crippen MR) is 71.3 cm³/mol. The molecule has 3 rings (SSSR count). The number of aliphatic imine (C=N–C) groups is 1. The van der Waals surface area contributed by atoms with Crippen LogP contribution in [0.3, 0.4) is 0 Å². The van der Waals surface area contributed by atoms with Gasteiger partial charge in [-0.05, 0) is 39.7 Å². The van der Waals surface area contributed by atoms with Crippen LogP contribution in [0.15, 0.2) is 14.6 Å². The average molecular weight is 316 g/mol. The van der Waals surface area contributed by atoms with Crippen LogP contribution in [0.5, 0.6) is 0 Å². The molecule has 3 heteroatoms. The summed E-state index contributed by atoms with van der Waals surface area (Å²) in [4.78, 5) is 4.62. The number of halogens is 1. The van der Waals surface area contributed by atoms with Crippen molar-refractivity contribution in [2.45, 2.75) is 19.8 Å². The van der Waals surface area contributed by atoms with E-state index >= 15 is 0 Å². The normalized spacial score (nSPS) is 44.1. The zero-order chi connectivity index (χ0) is 10.4. The van der Waals surface area contributed by atoms with Crippen LogP contribution in [0.25, 0.3) is 0 Å². The summed E-state index contributed by atoms with van der Waals surface area (Å²) in [5, 5.41) is 3.28. The second-order valence-electron chi connectivity index (χ2n) is 5.06. The summed E-state index contributed by atoms with van der Waals surface area (Å²) in [5.74, 6) is 3.85. The first-order valence-corrected chi connectivity index (χ1v) is 7.12. The quantitative estimate of drug-likeness (QED) is 0.778. The second-order valence-corrected chi connectivity index (χ2v) is 5.68. The molecule has 2 aliphatic carbocycles. The predicted octanol–water partition coefficient (Wildman–Crippen LogP) is 2.60. The van der Waals surface area contributed by atoms with E-state index in [0.717, 1.165) is 43.3 Å². The highest BCUT2D eigenvalue weighted by molar-refractivity contribution is 14.1. The van der Waals surface area contributed by atoms with Crippen molar-refractivity contribution < 1.29 is 0 Å². The van der Waals surface area contributed by atoms with Gasteiger partial charge in [-0.1, -0.05) is 29.5 Å². The van der Waals surface area contributed by atoms with Crippen molar-refractivity contribution in [1.29, 1.82) is 0 Å². The van der Waals surface area contributed by atoms with Crippen molar-refractivity contribution in [3.8, 4) is 0 Å². The van der Waals surface area contributed by atoms with E-state index in [-0.39, 0.29) is 0 Å². The fourth-order valence-electron chi connectivity index (χ4n) is 3.39. The maximum Gasteiger partial charge on any atom is 0.0887 e. The van der Waals surface area contributed by atoms with Gasteiger partial charge in [-0.25, -0.2) is 0 Å². The zero-order valence-electron chi connectivity index (χ0n) is 9.04. The minimum Gasteiger partial charge on any atom is -0.298 e. The van der Waals surface area contributed by atoms with Crippen LogP contribution in [0, 0.1) is 23.7 Å². The van der Waals surface area contributed by atoms with Gasteiger partial charge < -0.3 is 0 Å². The number of nitrogens with one attached hydrogen (secondary N) is 1. The minimum absolute atomic E-state index is 0.820. The summed E-state index contributed by atoms with van der Waals surface area (Å²) in [7, 11) is 0. The highest BCUT2D eigenvalue weighted by Crippen LogP contribution is 2.67. The Morgan fingerprint density at radius 2 is 2.47 bits per heavy atom. The summed E-state index contributed by atoms with van der Waals surface area (Å²) in [5.41, 5.74) is 2.95. The Bertz CT molecular complexity index is 335. The molecular formula is C12H17IN2. The lowest BCUT2D eigenvalue weighted by molar-refractivity contribution is 0.317. The van der Waals surface area contributed by atoms with Crippen LogP contribution < -0.4 is 5.32 Å². The Kier molecular flexibility index (Phi) is 2.63. The molecule has 0 aromatic heterocycles. The summed E-state index contributed by atoms with van der Waals surface area (Å²) in [6.45, 7) is 4.32. The third-order valence-corrected chi connectivity index (χ3v) is 4.93. The van der Waals surface area contributed by atoms with Gasteiger partial charge in [-0.3, -0.25) is 10.3 Å². The standard InChI is InChI=1S/C12H17IN2/c1-7-4-8-11(7)12(8)9(5-13)10-2-3-14-6-15-10/h5,7-8,11-12,14H,2-4,6H2,1H3/b9-5-/t7?,8?,11-,12-/m0/s1. The third-order valence-electron chi connectivity index (χ3n) is 4.26. The van der Waals surface area contributed by atoms with Crippen LogP contribution in [0.2, 0.25) is 0 Å². The van der Waals surface area contributed by atoms with Crippen LogP contribution in [0.1, 0.15) is 19.8 Å². The summed E-state index contributed by atoms with van der Waals surface area (Å²) in [6, 6.07) is 0. The molecule has 2 saturated carbocycles. The number of nitrogens with zero attached hydrogens (tertiary/aromatic N) is 1. The fourth-order valence-corrected chi connectivity index (χ4v) is 4.16. The molecular weight excluding hydrogens is 299 g/mol. The van der Waals surface area contributed by atoms with Gasteiger partial charge in [0, 0.05) is 18.7 Å². The number of fused-ring (bicyclic) bond motifs is 1. The van der Waals surface area contributed by atoms with E-state index in [1.165, 1.54) is 12.1 Å². The Hall–Kier alpha value is 0.1000. The first-order chi connectivity index (χ1) is 7.33. The highest BCUT2D eigenvalue weighted by atomic mass is 127. The summed E-state index contributed by atoms with van der Waals surface area (Å²) < 4.78 is 2.29. The zero-order valence-corrected chi connectivity index (χ0v) is 11.2. The van der Waals surface area contributed by atoms with Gasteiger partial charge in [0.15, 0.2) is 0 Å². The van der Waals surface area contributed by atoms with E-state index in [4.69, 9.17) is 0 Å². The molecule has 2 nitrogen and oxygen atoms in total. The first kappa shape index (κ1) is 10.3. The van der Waals surface area contributed by atoms with Crippen molar-refractivity contribution in [3.63, 3.8) is 0 Å². The fraction of sp³-hybridized carbons (Fsp3) is 0.750. The number of allylic oxidation sites excluding steroid dienone is 1. The van der Waals surface area contributed by atoms with E-state index in [9.17, 15) is 0 Å². The first-order valence-electron chi connectivity index (χ1n) is 5.87. The van der Waals surface area contributed by atoms with Crippen molar-refractivity contribution in [2.24, 2.45) is 28.7 Å². The molecule has 4 atom stereocenters. The topological polar surface area (TPSA) is 24.4 Å². The van der Waals surface area contributed by atoms with Crippen LogP contribution in [0.4, 0.5) is 0 Å². The molecule has 2 fully saturated rings. The van der Waals surface area contributed by atoms with Gasteiger partial charge >= 0.3 is 0 Å². The van der Waals surface area contributed by atoms with Gasteiger partial charge in [0.25, 0.3) is 0 Å². The van der Waals surface area contributed by atoms with Gasteiger partial charge in [0.2, 0.25) is 0 Å². The molecule has 0 spiro atoms. The molecule has 1 aliphatic heterocycles. The van der Waals surface area contributed by atoms with Gasteiger partial charge in [-0.2, -0.15) is 0 Å². The van der Waals surface area contributed by atoms with Gasteiger partial charge in [0.1, 0.15) is 0 Å². The molecule has 1 N–H and O–H groups in total. The van der Waals surface area contributed by atoms with Crippen LogP contribution in [-0.2, 0) is 0 Å². The van der Waals surface area contributed by atoms with Crippen LogP contribution >= 0.6 is 22.6 Å².